The number of hydrogen-bond donors (Lipinski definition) is 1. The van der Waals surface area contributed by atoms with Crippen LogP contribution >= 0.6 is 0 Å². The van der Waals surface area contributed by atoms with Crippen LogP contribution in [0.25, 0.3) is 0 Å². The van der Waals surface area contributed by atoms with Gasteiger partial charge in [0.05, 0.1) is 10.6 Å². The quantitative estimate of drug-likeness (QED) is 0.569. The summed E-state index contributed by atoms with van der Waals surface area (Å²) in [5, 5.41) is 13.8. The highest BCUT2D eigenvalue weighted by Crippen LogP contribution is 2.23. The van der Waals surface area contributed by atoms with E-state index in [2.05, 4.69) is 10.3 Å². The third kappa shape index (κ3) is 1.72. The molecule has 5 heteroatoms. The van der Waals surface area contributed by atoms with Crippen molar-refractivity contribution in [2.45, 2.75) is 18.9 Å². The van der Waals surface area contributed by atoms with Crippen LogP contribution < -0.4 is 5.32 Å². The standard InChI is InChI=1S/C9H11N3O2/c13-12(14)7-3-5-11-9(6-7)8-2-1-4-10-8/h3,5-6,8,10H,1-2,4H2/t8-/m1/s1. The van der Waals surface area contributed by atoms with Gasteiger partial charge >= 0.3 is 0 Å². The average molecular weight is 193 g/mol. The van der Waals surface area contributed by atoms with Gasteiger partial charge in [0, 0.05) is 24.4 Å². The molecular formula is C9H11N3O2. The topological polar surface area (TPSA) is 68.1 Å². The van der Waals surface area contributed by atoms with Crippen LogP contribution in [0, 0.1) is 10.1 Å². The summed E-state index contributed by atoms with van der Waals surface area (Å²) in [5.74, 6) is 0. The smallest absolute Gasteiger partial charge is 0.272 e. The second kappa shape index (κ2) is 3.71. The molecule has 0 saturated carbocycles. The SMILES string of the molecule is O=[N+]([O-])c1ccnc([C@H]2CCCN2)c1. The number of nitro groups is 1. The Balaban J connectivity index is 2.25. The summed E-state index contributed by atoms with van der Waals surface area (Å²) in [7, 11) is 0. The first-order valence-corrected chi connectivity index (χ1v) is 4.61. The van der Waals surface area contributed by atoms with Crippen molar-refractivity contribution in [2.75, 3.05) is 6.54 Å². The molecule has 1 aliphatic heterocycles. The van der Waals surface area contributed by atoms with E-state index in [-0.39, 0.29) is 16.7 Å². The largest absolute Gasteiger partial charge is 0.309 e. The van der Waals surface area contributed by atoms with Gasteiger partial charge in [-0.15, -0.1) is 0 Å². The highest BCUT2D eigenvalue weighted by molar-refractivity contribution is 5.31. The second-order valence-electron chi connectivity index (χ2n) is 3.34. The Morgan fingerprint density at radius 3 is 3.14 bits per heavy atom. The van der Waals surface area contributed by atoms with Gasteiger partial charge in [-0.1, -0.05) is 0 Å². The van der Waals surface area contributed by atoms with Crippen LogP contribution in [0.4, 0.5) is 5.69 Å². The predicted octanol–water partition coefficient (Wildman–Crippen LogP) is 1.41. The molecule has 74 valence electrons. The van der Waals surface area contributed by atoms with E-state index < -0.39 is 0 Å². The molecule has 0 spiro atoms. The Hall–Kier alpha value is -1.49. The summed E-state index contributed by atoms with van der Waals surface area (Å²) in [5.41, 5.74) is 0.889. The molecule has 0 aliphatic carbocycles. The normalized spacial score (nSPS) is 21.0. The lowest BCUT2D eigenvalue weighted by atomic mass is 10.1. The summed E-state index contributed by atoms with van der Waals surface area (Å²) < 4.78 is 0. The van der Waals surface area contributed by atoms with Crippen LogP contribution in [0.5, 0.6) is 0 Å². The molecule has 0 aromatic carbocycles. The summed E-state index contributed by atoms with van der Waals surface area (Å²) >= 11 is 0. The fourth-order valence-electron chi connectivity index (χ4n) is 1.68. The molecule has 1 atom stereocenters. The van der Waals surface area contributed by atoms with Gasteiger partial charge in [-0.3, -0.25) is 15.1 Å². The Bertz CT molecular complexity index is 348. The van der Waals surface area contributed by atoms with Crippen molar-refractivity contribution in [1.29, 1.82) is 0 Å². The highest BCUT2D eigenvalue weighted by Gasteiger charge is 2.19. The molecule has 0 bridgehead atoms. The third-order valence-corrected chi connectivity index (χ3v) is 2.39. The molecule has 0 radical (unpaired) electrons. The van der Waals surface area contributed by atoms with Crippen LogP contribution in [0.3, 0.4) is 0 Å². The number of rotatable bonds is 2. The Morgan fingerprint density at radius 2 is 2.50 bits per heavy atom. The van der Waals surface area contributed by atoms with Gasteiger partial charge in [-0.25, -0.2) is 0 Å². The minimum absolute atomic E-state index is 0.115. The number of nitrogens with zero attached hydrogens (tertiary/aromatic N) is 2. The maximum atomic E-state index is 10.5. The van der Waals surface area contributed by atoms with Gasteiger partial charge in [0.2, 0.25) is 0 Å². The highest BCUT2D eigenvalue weighted by atomic mass is 16.6. The molecule has 0 unspecified atom stereocenters. The summed E-state index contributed by atoms with van der Waals surface area (Å²) in [6.07, 6.45) is 3.61. The monoisotopic (exact) mass is 193 g/mol. The molecule has 1 aromatic rings. The summed E-state index contributed by atoms with van der Waals surface area (Å²) in [6, 6.07) is 3.15. The van der Waals surface area contributed by atoms with E-state index in [9.17, 15) is 10.1 Å². The van der Waals surface area contributed by atoms with Crippen molar-refractivity contribution >= 4 is 5.69 Å². The first kappa shape index (κ1) is 9.08. The van der Waals surface area contributed by atoms with Crippen molar-refractivity contribution in [1.82, 2.24) is 10.3 Å². The molecule has 14 heavy (non-hydrogen) atoms. The fourth-order valence-corrected chi connectivity index (χ4v) is 1.68. The Labute approximate surface area is 81.3 Å². The summed E-state index contributed by atoms with van der Waals surface area (Å²) in [6.45, 7) is 0.967. The zero-order valence-corrected chi connectivity index (χ0v) is 7.64. The van der Waals surface area contributed by atoms with Crippen molar-refractivity contribution in [3.05, 3.63) is 34.1 Å². The zero-order valence-electron chi connectivity index (χ0n) is 7.64. The van der Waals surface area contributed by atoms with Crippen molar-refractivity contribution in [3.8, 4) is 0 Å². The van der Waals surface area contributed by atoms with Crippen LogP contribution in [0.2, 0.25) is 0 Å². The van der Waals surface area contributed by atoms with Crippen molar-refractivity contribution in [3.63, 3.8) is 0 Å². The lowest BCUT2D eigenvalue weighted by molar-refractivity contribution is -0.385. The number of nitrogens with one attached hydrogen (secondary N) is 1. The molecular weight excluding hydrogens is 182 g/mol. The maximum Gasteiger partial charge on any atom is 0.272 e. The van der Waals surface area contributed by atoms with E-state index in [1.165, 1.54) is 12.3 Å². The molecule has 1 aromatic heterocycles. The van der Waals surface area contributed by atoms with Gasteiger partial charge in [0.15, 0.2) is 0 Å². The second-order valence-corrected chi connectivity index (χ2v) is 3.34. The third-order valence-electron chi connectivity index (χ3n) is 2.39. The summed E-state index contributed by atoms with van der Waals surface area (Å²) in [4.78, 5) is 14.3. The van der Waals surface area contributed by atoms with E-state index in [0.717, 1.165) is 25.1 Å². The van der Waals surface area contributed by atoms with Crippen molar-refractivity contribution in [2.24, 2.45) is 0 Å². The predicted molar refractivity (Wildman–Crippen MR) is 50.9 cm³/mol. The van der Waals surface area contributed by atoms with E-state index in [1.807, 2.05) is 0 Å². The van der Waals surface area contributed by atoms with Gasteiger partial charge in [0.1, 0.15) is 0 Å². The molecule has 1 aliphatic rings. The molecule has 1 saturated heterocycles. The average Bonchev–Trinajstić information content (AvgIpc) is 2.71. The molecule has 2 rings (SSSR count). The van der Waals surface area contributed by atoms with Crippen LogP contribution in [0.15, 0.2) is 18.3 Å². The van der Waals surface area contributed by atoms with E-state index >= 15 is 0 Å². The first-order chi connectivity index (χ1) is 6.77. The van der Waals surface area contributed by atoms with E-state index in [4.69, 9.17) is 0 Å². The van der Waals surface area contributed by atoms with E-state index in [1.54, 1.807) is 6.07 Å². The van der Waals surface area contributed by atoms with Crippen LogP contribution in [-0.4, -0.2) is 16.5 Å². The minimum atomic E-state index is -0.389. The number of hydrogen-bond acceptors (Lipinski definition) is 4. The van der Waals surface area contributed by atoms with Gasteiger partial charge < -0.3 is 5.32 Å². The van der Waals surface area contributed by atoms with Gasteiger partial charge in [-0.05, 0) is 19.4 Å². The molecule has 0 amide bonds. The van der Waals surface area contributed by atoms with Crippen molar-refractivity contribution < 1.29 is 4.92 Å². The Kier molecular flexibility index (Phi) is 2.41. The lowest BCUT2D eigenvalue weighted by Crippen LogP contribution is -2.14. The zero-order chi connectivity index (χ0) is 9.97. The number of pyridine rings is 1. The Morgan fingerprint density at radius 1 is 1.64 bits per heavy atom. The fraction of sp³-hybridized carbons (Fsp3) is 0.444. The lowest BCUT2D eigenvalue weighted by Gasteiger charge is -2.07. The molecule has 1 fully saturated rings. The minimum Gasteiger partial charge on any atom is -0.309 e. The molecule has 1 N–H and O–H groups in total. The van der Waals surface area contributed by atoms with Gasteiger partial charge in [-0.2, -0.15) is 0 Å². The molecule has 5 nitrogen and oxygen atoms in total. The molecule has 2 heterocycles. The number of aromatic nitrogens is 1. The maximum absolute atomic E-state index is 10.5. The van der Waals surface area contributed by atoms with Crippen LogP contribution in [0.1, 0.15) is 24.6 Å². The van der Waals surface area contributed by atoms with Crippen LogP contribution in [-0.2, 0) is 0 Å². The van der Waals surface area contributed by atoms with E-state index in [0.29, 0.717) is 0 Å². The van der Waals surface area contributed by atoms with Gasteiger partial charge in [0.25, 0.3) is 5.69 Å². The first-order valence-electron chi connectivity index (χ1n) is 4.61.